The van der Waals surface area contributed by atoms with Gasteiger partial charge in [0.05, 0.1) is 16.6 Å². The lowest BCUT2D eigenvalue weighted by Gasteiger charge is -2.07. The van der Waals surface area contributed by atoms with E-state index in [9.17, 15) is 0 Å². The molecule has 0 aliphatic rings. The van der Waals surface area contributed by atoms with Gasteiger partial charge in [-0.15, -0.1) is 0 Å². The Morgan fingerprint density at radius 2 is 1.65 bits per heavy atom. The van der Waals surface area contributed by atoms with Crippen LogP contribution in [0.3, 0.4) is 0 Å². The van der Waals surface area contributed by atoms with Crippen molar-refractivity contribution in [3.63, 3.8) is 0 Å². The molecule has 0 atom stereocenters. The normalized spacial score (nSPS) is 11.7. The maximum atomic E-state index is 4.84. The van der Waals surface area contributed by atoms with E-state index >= 15 is 0 Å². The summed E-state index contributed by atoms with van der Waals surface area (Å²) in [6.45, 7) is 2.18. The lowest BCUT2D eigenvalue weighted by Crippen LogP contribution is -2.01. The van der Waals surface area contributed by atoms with E-state index in [0.29, 0.717) is 0 Å². The summed E-state index contributed by atoms with van der Waals surface area (Å²) in [5.74, 6) is 1.09. The fourth-order valence-corrected chi connectivity index (χ4v) is 2.81. The summed E-state index contributed by atoms with van der Waals surface area (Å²) in [6, 6.07) is 16.5. The second-order valence-corrected chi connectivity index (χ2v) is 5.05. The van der Waals surface area contributed by atoms with Gasteiger partial charge in [-0.25, -0.2) is 9.97 Å². The van der Waals surface area contributed by atoms with Gasteiger partial charge in [0, 0.05) is 11.8 Å². The minimum atomic E-state index is 0.960. The summed E-state index contributed by atoms with van der Waals surface area (Å²) < 4.78 is 2.21. The van der Waals surface area contributed by atoms with E-state index in [1.807, 2.05) is 18.2 Å². The zero-order chi connectivity index (χ0) is 13.5. The number of hydrogen-bond donors (Lipinski definition) is 0. The number of hydrogen-bond acceptors (Lipinski definition) is 2. The van der Waals surface area contributed by atoms with Gasteiger partial charge in [0.1, 0.15) is 11.5 Å². The third-order valence-corrected chi connectivity index (χ3v) is 3.69. The molecule has 3 nitrogen and oxygen atoms in total. The number of benzene rings is 2. The van der Waals surface area contributed by atoms with E-state index in [-0.39, 0.29) is 0 Å². The van der Waals surface area contributed by atoms with Gasteiger partial charge in [-0.1, -0.05) is 31.2 Å². The molecule has 0 aliphatic carbocycles. The number of fused-ring (bicyclic) bond motifs is 5. The Balaban J connectivity index is 2.26. The molecule has 20 heavy (non-hydrogen) atoms. The molecule has 0 spiro atoms. The molecule has 98 valence electrons. The highest BCUT2D eigenvalue weighted by atomic mass is 15.1. The summed E-state index contributed by atoms with van der Waals surface area (Å²) in [7, 11) is 0. The Labute approximate surface area is 116 Å². The molecule has 0 radical (unpaired) electrons. The van der Waals surface area contributed by atoms with Crippen LogP contribution < -0.4 is 0 Å². The van der Waals surface area contributed by atoms with E-state index in [1.165, 1.54) is 0 Å². The zero-order valence-corrected chi connectivity index (χ0v) is 11.4. The Kier molecular flexibility index (Phi) is 2.46. The second kappa shape index (κ2) is 4.30. The summed E-state index contributed by atoms with van der Waals surface area (Å²) in [4.78, 5) is 9.65. The van der Waals surface area contributed by atoms with Crippen molar-refractivity contribution >= 4 is 27.6 Å². The first-order valence-corrected chi connectivity index (χ1v) is 7.03. The highest BCUT2D eigenvalue weighted by Crippen LogP contribution is 2.24. The molecule has 2 heterocycles. The smallest absolute Gasteiger partial charge is 0.148 e. The van der Waals surface area contributed by atoms with Crippen LogP contribution in [-0.4, -0.2) is 14.4 Å². The lowest BCUT2D eigenvalue weighted by molar-refractivity contribution is 0.829. The zero-order valence-electron chi connectivity index (χ0n) is 11.4. The molecule has 0 unspecified atom stereocenters. The van der Waals surface area contributed by atoms with Gasteiger partial charge < -0.3 is 0 Å². The molecule has 0 saturated heterocycles. The number of aromatic nitrogens is 3. The van der Waals surface area contributed by atoms with Crippen molar-refractivity contribution < 1.29 is 0 Å². The molecule has 2 aromatic carbocycles. The Morgan fingerprint density at radius 3 is 2.50 bits per heavy atom. The second-order valence-electron chi connectivity index (χ2n) is 5.05. The Morgan fingerprint density at radius 1 is 0.900 bits per heavy atom. The third kappa shape index (κ3) is 1.53. The quantitative estimate of drug-likeness (QED) is 0.546. The van der Waals surface area contributed by atoms with Crippen LogP contribution in [0.5, 0.6) is 0 Å². The first-order chi connectivity index (χ1) is 9.88. The fraction of sp³-hybridized carbons (Fsp3) is 0.176. The average molecular weight is 261 g/mol. The van der Waals surface area contributed by atoms with E-state index in [0.717, 1.165) is 46.2 Å². The number of aryl methyl sites for hydroxylation is 1. The van der Waals surface area contributed by atoms with Crippen molar-refractivity contribution in [3.8, 4) is 0 Å². The number of imidazole rings is 1. The minimum Gasteiger partial charge on any atom is -0.280 e. The third-order valence-electron chi connectivity index (χ3n) is 3.69. The highest BCUT2D eigenvalue weighted by molar-refractivity contribution is 5.96. The van der Waals surface area contributed by atoms with Gasteiger partial charge >= 0.3 is 0 Å². The Bertz CT molecular complexity index is 921. The van der Waals surface area contributed by atoms with Gasteiger partial charge in [0.2, 0.25) is 0 Å². The van der Waals surface area contributed by atoms with Crippen LogP contribution >= 0.6 is 0 Å². The summed E-state index contributed by atoms with van der Waals surface area (Å²) in [5, 5.41) is 1.11. The van der Waals surface area contributed by atoms with E-state index in [1.54, 1.807) is 0 Å². The van der Waals surface area contributed by atoms with Crippen LogP contribution in [0.4, 0.5) is 0 Å². The van der Waals surface area contributed by atoms with Crippen LogP contribution in [0, 0.1) is 0 Å². The SMILES string of the molecule is CCCc1nc2ccccc2c2nc3ccccc3n12. The summed E-state index contributed by atoms with van der Waals surface area (Å²) >= 11 is 0. The van der Waals surface area contributed by atoms with Gasteiger partial charge in [-0.3, -0.25) is 4.40 Å². The van der Waals surface area contributed by atoms with Gasteiger partial charge in [-0.05, 0) is 30.7 Å². The molecule has 3 heteroatoms. The number of rotatable bonds is 2. The molecular weight excluding hydrogens is 246 g/mol. The maximum absolute atomic E-state index is 4.84. The van der Waals surface area contributed by atoms with E-state index < -0.39 is 0 Å². The van der Waals surface area contributed by atoms with Crippen LogP contribution in [0.15, 0.2) is 48.5 Å². The first kappa shape index (κ1) is 11.4. The molecule has 0 fully saturated rings. The predicted molar refractivity (Wildman–Crippen MR) is 82.0 cm³/mol. The van der Waals surface area contributed by atoms with Crippen molar-refractivity contribution in [1.82, 2.24) is 14.4 Å². The van der Waals surface area contributed by atoms with Crippen LogP contribution in [0.1, 0.15) is 19.2 Å². The molecule has 4 aromatic rings. The molecule has 0 amide bonds. The molecule has 2 aromatic heterocycles. The molecule has 0 saturated carbocycles. The van der Waals surface area contributed by atoms with Crippen LogP contribution in [0.25, 0.3) is 27.6 Å². The van der Waals surface area contributed by atoms with Crippen LogP contribution in [0.2, 0.25) is 0 Å². The average Bonchev–Trinajstić information content (AvgIpc) is 2.87. The topological polar surface area (TPSA) is 30.2 Å². The molecule has 0 bridgehead atoms. The molecule has 0 aliphatic heterocycles. The van der Waals surface area contributed by atoms with Crippen molar-refractivity contribution in [1.29, 1.82) is 0 Å². The first-order valence-electron chi connectivity index (χ1n) is 7.03. The highest BCUT2D eigenvalue weighted by Gasteiger charge is 2.12. The summed E-state index contributed by atoms with van der Waals surface area (Å²) in [6.07, 6.45) is 2.04. The van der Waals surface area contributed by atoms with Crippen molar-refractivity contribution in [2.45, 2.75) is 19.8 Å². The fourth-order valence-electron chi connectivity index (χ4n) is 2.81. The van der Waals surface area contributed by atoms with Crippen molar-refractivity contribution in [3.05, 3.63) is 54.4 Å². The predicted octanol–water partition coefficient (Wildman–Crippen LogP) is 3.99. The monoisotopic (exact) mass is 261 g/mol. The standard InChI is InChI=1S/C17H15N3/c1-2-7-16-18-13-9-4-3-8-12(13)17-19-14-10-5-6-11-15(14)20(16)17/h3-6,8-11H,2,7H2,1H3. The van der Waals surface area contributed by atoms with Gasteiger partial charge in [0.15, 0.2) is 0 Å². The van der Waals surface area contributed by atoms with Crippen molar-refractivity contribution in [2.75, 3.05) is 0 Å². The van der Waals surface area contributed by atoms with E-state index in [2.05, 4.69) is 41.7 Å². The van der Waals surface area contributed by atoms with Gasteiger partial charge in [0.25, 0.3) is 0 Å². The van der Waals surface area contributed by atoms with E-state index in [4.69, 9.17) is 9.97 Å². The number of nitrogens with zero attached hydrogens (tertiary/aromatic N) is 3. The Hall–Kier alpha value is -2.42. The number of para-hydroxylation sites is 3. The maximum Gasteiger partial charge on any atom is 0.148 e. The van der Waals surface area contributed by atoms with Gasteiger partial charge in [-0.2, -0.15) is 0 Å². The summed E-state index contributed by atoms with van der Waals surface area (Å²) in [5.41, 5.74) is 4.21. The molecular formula is C17H15N3. The minimum absolute atomic E-state index is 0.960. The van der Waals surface area contributed by atoms with Crippen molar-refractivity contribution in [2.24, 2.45) is 0 Å². The largest absolute Gasteiger partial charge is 0.280 e. The van der Waals surface area contributed by atoms with Crippen LogP contribution in [-0.2, 0) is 6.42 Å². The lowest BCUT2D eigenvalue weighted by atomic mass is 10.2. The molecule has 4 rings (SSSR count). The molecule has 0 N–H and O–H groups in total.